The third-order valence-electron chi connectivity index (χ3n) is 3.34. The van der Waals surface area contributed by atoms with Crippen LogP contribution in [0.15, 0.2) is 30.3 Å². The number of fused-ring (bicyclic) bond motifs is 1. The van der Waals surface area contributed by atoms with Crippen LogP contribution in [0.25, 0.3) is 11.3 Å². The molecule has 0 unspecified atom stereocenters. The van der Waals surface area contributed by atoms with Crippen molar-refractivity contribution in [1.29, 1.82) is 0 Å². The topological polar surface area (TPSA) is 25.8 Å². The van der Waals surface area contributed by atoms with Crippen LogP contribution in [0.2, 0.25) is 0 Å². The number of aromatic nitrogens is 2. The summed E-state index contributed by atoms with van der Waals surface area (Å²) in [5.41, 5.74) is 5.00. The zero-order chi connectivity index (χ0) is 13.7. The second kappa shape index (κ2) is 6.46. The van der Waals surface area contributed by atoms with Gasteiger partial charge < -0.3 is 0 Å². The van der Waals surface area contributed by atoms with Crippen LogP contribution in [0, 0.1) is 6.92 Å². The number of hydrogen-bond acceptors (Lipinski definition) is 2. The van der Waals surface area contributed by atoms with Gasteiger partial charge in [-0.25, -0.2) is 9.97 Å². The Balaban J connectivity index is 0.000000637. The van der Waals surface area contributed by atoms with Crippen LogP contribution in [0.1, 0.15) is 43.8 Å². The first kappa shape index (κ1) is 13.7. The maximum Gasteiger partial charge on any atom is 0.126 e. The zero-order valence-electron chi connectivity index (χ0n) is 12.1. The molecule has 0 saturated carbocycles. The highest BCUT2D eigenvalue weighted by atomic mass is 14.9. The summed E-state index contributed by atoms with van der Waals surface area (Å²) in [6.45, 7) is 5.99. The molecule has 1 aromatic carbocycles. The highest BCUT2D eigenvalue weighted by Gasteiger charge is 2.17. The standard InChI is InChI=1S/C15H16N2.C2H6/c1-11-16-14-10-6-5-9-13(14)15(17-11)12-7-3-2-4-8-12;1-2/h2-4,7-8H,5-6,9-10H2,1H3;1-2H3. The highest BCUT2D eigenvalue weighted by Crippen LogP contribution is 2.28. The molecule has 0 atom stereocenters. The fourth-order valence-electron chi connectivity index (χ4n) is 2.55. The van der Waals surface area contributed by atoms with Crippen molar-refractivity contribution in [1.82, 2.24) is 9.97 Å². The summed E-state index contributed by atoms with van der Waals surface area (Å²) >= 11 is 0. The van der Waals surface area contributed by atoms with Crippen LogP contribution in [0.4, 0.5) is 0 Å². The van der Waals surface area contributed by atoms with Gasteiger partial charge in [-0.2, -0.15) is 0 Å². The van der Waals surface area contributed by atoms with Crippen molar-refractivity contribution in [3.05, 3.63) is 47.4 Å². The van der Waals surface area contributed by atoms with Crippen molar-refractivity contribution >= 4 is 0 Å². The highest BCUT2D eigenvalue weighted by molar-refractivity contribution is 5.64. The largest absolute Gasteiger partial charge is 0.238 e. The van der Waals surface area contributed by atoms with Crippen molar-refractivity contribution < 1.29 is 0 Å². The Labute approximate surface area is 115 Å². The molecule has 1 aliphatic carbocycles. The summed E-state index contributed by atoms with van der Waals surface area (Å²) in [5.74, 6) is 0.893. The van der Waals surface area contributed by atoms with Gasteiger partial charge in [0.2, 0.25) is 0 Å². The molecule has 2 aromatic rings. The zero-order valence-corrected chi connectivity index (χ0v) is 12.1. The SMILES string of the molecule is CC.Cc1nc2c(c(-c3ccccc3)n1)CCCC2. The lowest BCUT2D eigenvalue weighted by Crippen LogP contribution is -2.10. The molecule has 0 amide bonds. The lowest BCUT2D eigenvalue weighted by atomic mass is 9.92. The predicted molar refractivity (Wildman–Crippen MR) is 80.2 cm³/mol. The normalized spacial score (nSPS) is 13.2. The Hall–Kier alpha value is -1.70. The van der Waals surface area contributed by atoms with E-state index in [0.717, 1.165) is 24.4 Å². The van der Waals surface area contributed by atoms with Crippen LogP contribution in [0.3, 0.4) is 0 Å². The quantitative estimate of drug-likeness (QED) is 0.755. The molecule has 1 aliphatic rings. The second-order valence-electron chi connectivity index (χ2n) is 4.62. The van der Waals surface area contributed by atoms with Gasteiger partial charge in [0.1, 0.15) is 5.82 Å². The Morgan fingerprint density at radius 2 is 1.58 bits per heavy atom. The Morgan fingerprint density at radius 3 is 2.32 bits per heavy atom. The molecule has 3 rings (SSSR count). The summed E-state index contributed by atoms with van der Waals surface area (Å²) in [6.07, 6.45) is 4.76. The summed E-state index contributed by atoms with van der Waals surface area (Å²) in [7, 11) is 0. The minimum atomic E-state index is 0.893. The first-order chi connectivity index (χ1) is 9.34. The summed E-state index contributed by atoms with van der Waals surface area (Å²) in [6, 6.07) is 10.5. The van der Waals surface area contributed by atoms with E-state index in [2.05, 4.69) is 34.2 Å². The van der Waals surface area contributed by atoms with E-state index in [0.29, 0.717) is 0 Å². The van der Waals surface area contributed by atoms with Gasteiger partial charge in [-0.1, -0.05) is 44.2 Å². The van der Waals surface area contributed by atoms with Crippen LogP contribution in [-0.4, -0.2) is 9.97 Å². The van der Waals surface area contributed by atoms with Gasteiger partial charge in [0.05, 0.1) is 5.69 Å². The maximum absolute atomic E-state index is 4.65. The van der Waals surface area contributed by atoms with Crippen molar-refractivity contribution in [2.75, 3.05) is 0 Å². The molecule has 0 bridgehead atoms. The van der Waals surface area contributed by atoms with Gasteiger partial charge in [0, 0.05) is 16.8 Å². The second-order valence-corrected chi connectivity index (χ2v) is 4.62. The summed E-state index contributed by atoms with van der Waals surface area (Å²) in [4.78, 5) is 9.23. The maximum atomic E-state index is 4.65. The van der Waals surface area contributed by atoms with Gasteiger partial charge >= 0.3 is 0 Å². The fraction of sp³-hybridized carbons (Fsp3) is 0.412. The van der Waals surface area contributed by atoms with Crippen LogP contribution in [-0.2, 0) is 12.8 Å². The Bertz CT molecular complexity index is 532. The molecule has 2 nitrogen and oxygen atoms in total. The predicted octanol–water partition coefficient (Wildman–Crippen LogP) is 4.36. The smallest absolute Gasteiger partial charge is 0.126 e. The van der Waals surface area contributed by atoms with Gasteiger partial charge in [-0.05, 0) is 32.6 Å². The molecule has 1 heterocycles. The van der Waals surface area contributed by atoms with Gasteiger partial charge in [-0.3, -0.25) is 0 Å². The number of hydrogen-bond donors (Lipinski definition) is 0. The Morgan fingerprint density at radius 1 is 0.895 bits per heavy atom. The molecule has 0 aliphatic heterocycles. The molecule has 0 spiro atoms. The average molecular weight is 254 g/mol. The summed E-state index contributed by atoms with van der Waals surface area (Å²) in [5, 5.41) is 0. The van der Waals surface area contributed by atoms with E-state index < -0.39 is 0 Å². The van der Waals surface area contributed by atoms with Crippen molar-refractivity contribution in [2.24, 2.45) is 0 Å². The van der Waals surface area contributed by atoms with E-state index in [-0.39, 0.29) is 0 Å². The number of rotatable bonds is 1. The molecule has 100 valence electrons. The molecule has 0 radical (unpaired) electrons. The minimum absolute atomic E-state index is 0.893. The van der Waals surface area contributed by atoms with Crippen molar-refractivity contribution in [2.45, 2.75) is 46.5 Å². The summed E-state index contributed by atoms with van der Waals surface area (Å²) < 4.78 is 0. The number of benzene rings is 1. The fourth-order valence-corrected chi connectivity index (χ4v) is 2.55. The molecule has 19 heavy (non-hydrogen) atoms. The third kappa shape index (κ3) is 3.01. The molecule has 0 fully saturated rings. The van der Waals surface area contributed by atoms with E-state index >= 15 is 0 Å². The van der Waals surface area contributed by atoms with E-state index in [4.69, 9.17) is 0 Å². The van der Waals surface area contributed by atoms with Crippen LogP contribution >= 0.6 is 0 Å². The van der Waals surface area contributed by atoms with E-state index in [1.165, 1.54) is 29.7 Å². The van der Waals surface area contributed by atoms with Gasteiger partial charge in [0.25, 0.3) is 0 Å². The molecule has 0 N–H and O–H groups in total. The van der Waals surface area contributed by atoms with Crippen LogP contribution in [0.5, 0.6) is 0 Å². The van der Waals surface area contributed by atoms with E-state index in [9.17, 15) is 0 Å². The van der Waals surface area contributed by atoms with E-state index in [1.54, 1.807) is 0 Å². The van der Waals surface area contributed by atoms with Crippen LogP contribution < -0.4 is 0 Å². The van der Waals surface area contributed by atoms with Crippen molar-refractivity contribution in [3.8, 4) is 11.3 Å². The van der Waals surface area contributed by atoms with Crippen molar-refractivity contribution in [3.63, 3.8) is 0 Å². The molecule has 2 heteroatoms. The average Bonchev–Trinajstić information content (AvgIpc) is 2.49. The van der Waals surface area contributed by atoms with E-state index in [1.807, 2.05) is 26.8 Å². The van der Waals surface area contributed by atoms with Gasteiger partial charge in [0.15, 0.2) is 0 Å². The monoisotopic (exact) mass is 254 g/mol. The molecule has 0 saturated heterocycles. The number of nitrogens with zero attached hydrogens (tertiary/aromatic N) is 2. The Kier molecular flexibility index (Phi) is 4.67. The molecular weight excluding hydrogens is 232 g/mol. The number of aryl methyl sites for hydroxylation is 2. The molecular formula is C17H22N2. The third-order valence-corrected chi connectivity index (χ3v) is 3.34. The lowest BCUT2D eigenvalue weighted by molar-refractivity contribution is 0.660. The lowest BCUT2D eigenvalue weighted by Gasteiger charge is -2.18. The molecule has 1 aromatic heterocycles. The first-order valence-corrected chi connectivity index (χ1v) is 7.26. The minimum Gasteiger partial charge on any atom is -0.238 e. The first-order valence-electron chi connectivity index (χ1n) is 7.26. The van der Waals surface area contributed by atoms with Gasteiger partial charge in [-0.15, -0.1) is 0 Å².